The lowest BCUT2D eigenvalue weighted by molar-refractivity contribution is -0.138. The molecule has 2 aliphatic rings. The first-order chi connectivity index (χ1) is 13.1. The lowest BCUT2D eigenvalue weighted by atomic mass is 9.88. The molecular weight excluding hydrogens is 346 g/mol. The fraction of sp³-hybridized carbons (Fsp3) is 0.600. The smallest absolute Gasteiger partial charge is 0.322 e. The van der Waals surface area contributed by atoms with Gasteiger partial charge in [0.2, 0.25) is 5.91 Å². The zero-order valence-electron chi connectivity index (χ0n) is 16.2. The van der Waals surface area contributed by atoms with Gasteiger partial charge in [-0.2, -0.15) is 0 Å². The number of hydrogen-bond acceptors (Lipinski definition) is 4. The van der Waals surface area contributed by atoms with Crippen LogP contribution in [0.4, 0.5) is 10.5 Å². The molecule has 148 valence electrons. The third-order valence-corrected chi connectivity index (χ3v) is 5.48. The summed E-state index contributed by atoms with van der Waals surface area (Å²) in [6, 6.07) is 5.09. The lowest BCUT2D eigenvalue weighted by Crippen LogP contribution is -2.53. The molecule has 1 heterocycles. The molecule has 2 fully saturated rings. The van der Waals surface area contributed by atoms with Crippen molar-refractivity contribution in [1.29, 1.82) is 0 Å². The SMILES string of the molecule is COc1ccc(NC(=O)N2CCN(C(=O)C3CCCCC3)CC2)c(OC)c1. The number of carbonyl (C=O) groups excluding carboxylic acids is 2. The Morgan fingerprint density at radius 1 is 0.963 bits per heavy atom. The van der Waals surface area contributed by atoms with E-state index < -0.39 is 0 Å². The summed E-state index contributed by atoms with van der Waals surface area (Å²) in [7, 11) is 3.14. The van der Waals surface area contributed by atoms with Gasteiger partial charge in [0, 0.05) is 38.2 Å². The van der Waals surface area contributed by atoms with Crippen molar-refractivity contribution in [1.82, 2.24) is 9.80 Å². The quantitative estimate of drug-likeness (QED) is 0.878. The average Bonchev–Trinajstić information content (AvgIpc) is 2.74. The van der Waals surface area contributed by atoms with E-state index in [1.807, 2.05) is 4.90 Å². The highest BCUT2D eigenvalue weighted by Gasteiger charge is 2.29. The van der Waals surface area contributed by atoms with Crippen LogP contribution in [0.5, 0.6) is 11.5 Å². The summed E-state index contributed by atoms with van der Waals surface area (Å²) in [5.41, 5.74) is 0.601. The first kappa shape index (κ1) is 19.3. The Labute approximate surface area is 160 Å². The monoisotopic (exact) mass is 375 g/mol. The third-order valence-electron chi connectivity index (χ3n) is 5.48. The van der Waals surface area contributed by atoms with Crippen molar-refractivity contribution >= 4 is 17.6 Å². The molecule has 27 heavy (non-hydrogen) atoms. The van der Waals surface area contributed by atoms with Gasteiger partial charge in [0.15, 0.2) is 0 Å². The maximum Gasteiger partial charge on any atom is 0.322 e. The van der Waals surface area contributed by atoms with Crippen molar-refractivity contribution in [3.8, 4) is 11.5 Å². The molecule has 0 bridgehead atoms. The van der Waals surface area contributed by atoms with Crippen molar-refractivity contribution in [3.63, 3.8) is 0 Å². The first-order valence-electron chi connectivity index (χ1n) is 9.69. The number of benzene rings is 1. The largest absolute Gasteiger partial charge is 0.497 e. The molecular formula is C20H29N3O4. The highest BCUT2D eigenvalue weighted by molar-refractivity contribution is 5.91. The Morgan fingerprint density at radius 2 is 1.63 bits per heavy atom. The highest BCUT2D eigenvalue weighted by atomic mass is 16.5. The Morgan fingerprint density at radius 3 is 2.26 bits per heavy atom. The van der Waals surface area contributed by atoms with Crippen LogP contribution in [0.1, 0.15) is 32.1 Å². The molecule has 0 radical (unpaired) electrons. The summed E-state index contributed by atoms with van der Waals surface area (Å²) < 4.78 is 10.5. The molecule has 1 saturated carbocycles. The van der Waals surface area contributed by atoms with Gasteiger partial charge in [0.25, 0.3) is 0 Å². The summed E-state index contributed by atoms with van der Waals surface area (Å²) in [5.74, 6) is 1.67. The van der Waals surface area contributed by atoms with Gasteiger partial charge in [-0.05, 0) is 25.0 Å². The Balaban J connectivity index is 1.53. The molecule has 1 aliphatic carbocycles. The summed E-state index contributed by atoms with van der Waals surface area (Å²) in [6.07, 6.45) is 5.57. The minimum atomic E-state index is -0.178. The second kappa shape index (κ2) is 8.97. The van der Waals surface area contributed by atoms with Crippen LogP contribution in [0.15, 0.2) is 18.2 Å². The molecule has 0 spiro atoms. The fourth-order valence-corrected chi connectivity index (χ4v) is 3.83. The molecule has 3 amide bonds. The normalized spacial score (nSPS) is 18.1. The number of methoxy groups -OCH3 is 2. The molecule has 1 aliphatic heterocycles. The van der Waals surface area contributed by atoms with E-state index in [1.54, 1.807) is 37.3 Å². The summed E-state index contributed by atoms with van der Waals surface area (Å²) >= 11 is 0. The van der Waals surface area contributed by atoms with Gasteiger partial charge in [-0.3, -0.25) is 4.79 Å². The average molecular weight is 375 g/mol. The van der Waals surface area contributed by atoms with Crippen LogP contribution in [0, 0.1) is 5.92 Å². The summed E-state index contributed by atoms with van der Waals surface area (Å²) in [6.45, 7) is 2.29. The van der Waals surface area contributed by atoms with Crippen molar-refractivity contribution < 1.29 is 19.1 Å². The lowest BCUT2D eigenvalue weighted by Gasteiger charge is -2.37. The van der Waals surface area contributed by atoms with Crippen LogP contribution in [0.2, 0.25) is 0 Å². The number of urea groups is 1. The number of anilines is 1. The molecule has 3 rings (SSSR count). The number of amides is 3. The molecule has 1 N–H and O–H groups in total. The van der Waals surface area contributed by atoms with Crippen molar-refractivity contribution in [3.05, 3.63) is 18.2 Å². The Hall–Kier alpha value is -2.44. The van der Waals surface area contributed by atoms with E-state index in [0.717, 1.165) is 25.7 Å². The number of nitrogens with one attached hydrogen (secondary N) is 1. The van der Waals surface area contributed by atoms with E-state index in [-0.39, 0.29) is 17.9 Å². The van der Waals surface area contributed by atoms with Gasteiger partial charge in [0.1, 0.15) is 11.5 Å². The number of piperazine rings is 1. The Kier molecular flexibility index (Phi) is 6.42. The molecule has 7 nitrogen and oxygen atoms in total. The maximum atomic E-state index is 12.6. The molecule has 7 heteroatoms. The molecule has 0 aromatic heterocycles. The number of carbonyl (C=O) groups is 2. The minimum Gasteiger partial charge on any atom is -0.497 e. The fourth-order valence-electron chi connectivity index (χ4n) is 3.83. The summed E-state index contributed by atoms with van der Waals surface area (Å²) in [5, 5.41) is 2.89. The van der Waals surface area contributed by atoms with Gasteiger partial charge in [0.05, 0.1) is 19.9 Å². The zero-order valence-corrected chi connectivity index (χ0v) is 16.2. The second-order valence-electron chi connectivity index (χ2n) is 7.14. The predicted octanol–water partition coefficient (Wildman–Crippen LogP) is 2.96. The second-order valence-corrected chi connectivity index (χ2v) is 7.14. The van der Waals surface area contributed by atoms with E-state index in [9.17, 15) is 9.59 Å². The van der Waals surface area contributed by atoms with E-state index in [1.165, 1.54) is 6.42 Å². The number of ether oxygens (including phenoxy) is 2. The standard InChI is InChI=1S/C20H29N3O4/c1-26-16-8-9-17(18(14-16)27-2)21-20(25)23-12-10-22(11-13-23)19(24)15-6-4-3-5-7-15/h8-9,14-15H,3-7,10-13H2,1-2H3,(H,21,25). The maximum absolute atomic E-state index is 12.6. The number of rotatable bonds is 4. The van der Waals surface area contributed by atoms with E-state index in [2.05, 4.69) is 5.32 Å². The van der Waals surface area contributed by atoms with Crippen molar-refractivity contribution in [2.45, 2.75) is 32.1 Å². The van der Waals surface area contributed by atoms with Gasteiger partial charge in [-0.25, -0.2) is 4.79 Å². The number of nitrogens with zero attached hydrogens (tertiary/aromatic N) is 2. The molecule has 0 unspecified atom stereocenters. The molecule has 1 saturated heterocycles. The van der Waals surface area contributed by atoms with Gasteiger partial charge in [-0.1, -0.05) is 19.3 Å². The van der Waals surface area contributed by atoms with Crippen LogP contribution >= 0.6 is 0 Å². The van der Waals surface area contributed by atoms with E-state index >= 15 is 0 Å². The van der Waals surface area contributed by atoms with E-state index in [4.69, 9.17) is 9.47 Å². The minimum absolute atomic E-state index is 0.178. The topological polar surface area (TPSA) is 71.1 Å². The zero-order chi connectivity index (χ0) is 19.2. The van der Waals surface area contributed by atoms with Crippen molar-refractivity contribution in [2.24, 2.45) is 5.92 Å². The van der Waals surface area contributed by atoms with Crippen LogP contribution < -0.4 is 14.8 Å². The third kappa shape index (κ3) is 4.64. The molecule has 0 atom stereocenters. The van der Waals surface area contributed by atoms with Crippen LogP contribution in [0.3, 0.4) is 0 Å². The van der Waals surface area contributed by atoms with E-state index in [0.29, 0.717) is 43.4 Å². The molecule has 1 aromatic carbocycles. The van der Waals surface area contributed by atoms with Gasteiger partial charge in [-0.15, -0.1) is 0 Å². The van der Waals surface area contributed by atoms with Crippen LogP contribution in [-0.4, -0.2) is 62.1 Å². The van der Waals surface area contributed by atoms with Gasteiger partial charge >= 0.3 is 6.03 Å². The van der Waals surface area contributed by atoms with Gasteiger partial charge < -0.3 is 24.6 Å². The summed E-state index contributed by atoms with van der Waals surface area (Å²) in [4.78, 5) is 28.9. The highest BCUT2D eigenvalue weighted by Crippen LogP contribution is 2.29. The molecule has 1 aromatic rings. The predicted molar refractivity (Wildman–Crippen MR) is 103 cm³/mol. The Bertz CT molecular complexity index is 665. The van der Waals surface area contributed by atoms with Crippen LogP contribution in [0.25, 0.3) is 0 Å². The number of hydrogen-bond donors (Lipinski definition) is 1. The first-order valence-corrected chi connectivity index (χ1v) is 9.69. The van der Waals surface area contributed by atoms with Crippen molar-refractivity contribution in [2.75, 3.05) is 45.7 Å². The van der Waals surface area contributed by atoms with Crippen LogP contribution in [-0.2, 0) is 4.79 Å².